The van der Waals surface area contributed by atoms with Gasteiger partial charge in [-0.3, -0.25) is 0 Å². The Morgan fingerprint density at radius 2 is 2.00 bits per heavy atom. The number of rotatable bonds is 5. The van der Waals surface area contributed by atoms with Crippen LogP contribution in [0.5, 0.6) is 11.5 Å². The zero-order chi connectivity index (χ0) is 17.7. The molecule has 0 spiro atoms. The van der Waals surface area contributed by atoms with Crippen LogP contribution >= 0.6 is 0 Å². The number of amides is 2. The van der Waals surface area contributed by atoms with Gasteiger partial charge in [-0.25, -0.2) is 14.5 Å². The average molecular weight is 333 g/mol. The number of carbonyl (C=O) groups excluding carboxylic acids is 1. The number of nitrogens with zero attached hydrogens (tertiary/aromatic N) is 3. The van der Waals surface area contributed by atoms with E-state index in [0.29, 0.717) is 18.1 Å². The molecule has 2 amide bonds. The van der Waals surface area contributed by atoms with Gasteiger partial charge in [-0.05, 0) is 38.5 Å². The highest BCUT2D eigenvalue weighted by molar-refractivity contribution is 5.73. The fourth-order valence-electron chi connectivity index (χ4n) is 2.18. The number of aromatic nitrogens is 3. The zero-order valence-corrected chi connectivity index (χ0v) is 14.3. The van der Waals surface area contributed by atoms with Crippen LogP contribution in [0.3, 0.4) is 0 Å². The molecule has 3 N–H and O–H groups in total. The van der Waals surface area contributed by atoms with Crippen LogP contribution in [0.1, 0.15) is 32.2 Å². The van der Waals surface area contributed by atoms with E-state index in [-0.39, 0.29) is 23.9 Å². The SMILES string of the molecule is COc1cc(CNC(=O)NCc2ncnn2C(C)(C)C)ccc1O. The summed E-state index contributed by atoms with van der Waals surface area (Å²) in [5.41, 5.74) is 0.615. The molecule has 1 aromatic heterocycles. The molecule has 0 fully saturated rings. The van der Waals surface area contributed by atoms with Gasteiger partial charge in [0.1, 0.15) is 12.2 Å². The average Bonchev–Trinajstić information content (AvgIpc) is 3.01. The Kier molecular flexibility index (Phi) is 5.28. The summed E-state index contributed by atoms with van der Waals surface area (Å²) in [6.45, 7) is 6.65. The van der Waals surface area contributed by atoms with Gasteiger partial charge >= 0.3 is 6.03 Å². The van der Waals surface area contributed by atoms with Crippen LogP contribution < -0.4 is 15.4 Å². The second kappa shape index (κ2) is 7.20. The van der Waals surface area contributed by atoms with Gasteiger partial charge in [0, 0.05) is 6.54 Å². The van der Waals surface area contributed by atoms with E-state index in [9.17, 15) is 9.90 Å². The van der Waals surface area contributed by atoms with E-state index in [1.807, 2.05) is 20.8 Å². The molecule has 0 bridgehead atoms. The van der Waals surface area contributed by atoms with Crippen molar-refractivity contribution in [2.45, 2.75) is 39.4 Å². The van der Waals surface area contributed by atoms with E-state index in [1.165, 1.54) is 19.5 Å². The number of nitrogens with one attached hydrogen (secondary N) is 2. The predicted octanol–water partition coefficient (Wildman–Crippen LogP) is 1.75. The van der Waals surface area contributed by atoms with Gasteiger partial charge in [0.2, 0.25) is 0 Å². The van der Waals surface area contributed by atoms with Gasteiger partial charge in [0.25, 0.3) is 0 Å². The molecular formula is C16H23N5O3. The summed E-state index contributed by atoms with van der Waals surface area (Å²) in [6.07, 6.45) is 1.48. The summed E-state index contributed by atoms with van der Waals surface area (Å²) < 4.78 is 6.81. The summed E-state index contributed by atoms with van der Waals surface area (Å²) in [5, 5.41) is 19.2. The molecule has 1 aromatic carbocycles. The summed E-state index contributed by atoms with van der Waals surface area (Å²) in [6, 6.07) is 4.60. The van der Waals surface area contributed by atoms with E-state index in [1.54, 1.807) is 16.8 Å². The quantitative estimate of drug-likeness (QED) is 0.774. The van der Waals surface area contributed by atoms with Gasteiger partial charge in [-0.1, -0.05) is 6.07 Å². The largest absolute Gasteiger partial charge is 0.504 e. The summed E-state index contributed by atoms with van der Waals surface area (Å²) in [7, 11) is 1.48. The molecule has 0 saturated heterocycles. The number of phenols is 1. The van der Waals surface area contributed by atoms with Crippen molar-refractivity contribution >= 4 is 6.03 Å². The van der Waals surface area contributed by atoms with Crippen LogP contribution in [0.4, 0.5) is 4.79 Å². The Hall–Kier alpha value is -2.77. The highest BCUT2D eigenvalue weighted by Gasteiger charge is 2.18. The van der Waals surface area contributed by atoms with Gasteiger partial charge in [-0.15, -0.1) is 0 Å². The first-order chi connectivity index (χ1) is 11.3. The number of benzene rings is 1. The lowest BCUT2D eigenvalue weighted by Crippen LogP contribution is -2.36. The first-order valence-electron chi connectivity index (χ1n) is 7.58. The standard InChI is InChI=1S/C16H23N5O3/c1-16(2,3)21-14(19-10-20-21)9-18-15(23)17-8-11-5-6-12(22)13(7-11)24-4/h5-7,10,22H,8-9H2,1-4H3,(H2,17,18,23). The Labute approximate surface area is 140 Å². The first-order valence-corrected chi connectivity index (χ1v) is 7.58. The smallest absolute Gasteiger partial charge is 0.315 e. The summed E-state index contributed by atoms with van der Waals surface area (Å²) in [5.74, 6) is 1.11. The van der Waals surface area contributed by atoms with Crippen LogP contribution in [-0.4, -0.2) is 33.0 Å². The van der Waals surface area contributed by atoms with E-state index >= 15 is 0 Å². The Morgan fingerprint density at radius 3 is 2.67 bits per heavy atom. The van der Waals surface area contributed by atoms with Crippen molar-refractivity contribution in [1.82, 2.24) is 25.4 Å². The zero-order valence-electron chi connectivity index (χ0n) is 14.3. The number of carbonyl (C=O) groups is 1. The third kappa shape index (κ3) is 4.37. The summed E-state index contributed by atoms with van der Waals surface area (Å²) in [4.78, 5) is 16.1. The first kappa shape index (κ1) is 17.6. The molecule has 0 unspecified atom stereocenters. The van der Waals surface area contributed by atoms with E-state index in [2.05, 4.69) is 20.7 Å². The Bertz CT molecular complexity index is 706. The molecule has 24 heavy (non-hydrogen) atoms. The number of hydrogen-bond acceptors (Lipinski definition) is 5. The molecule has 1 heterocycles. The van der Waals surface area contributed by atoms with Crippen molar-refractivity contribution < 1.29 is 14.6 Å². The lowest BCUT2D eigenvalue weighted by Gasteiger charge is -2.21. The number of urea groups is 1. The van der Waals surface area contributed by atoms with E-state index in [4.69, 9.17) is 4.74 Å². The normalized spacial score (nSPS) is 11.2. The van der Waals surface area contributed by atoms with Gasteiger partial charge in [0.05, 0.1) is 19.2 Å². The number of methoxy groups -OCH3 is 1. The van der Waals surface area contributed by atoms with Crippen LogP contribution in [0.25, 0.3) is 0 Å². The number of hydrogen-bond donors (Lipinski definition) is 3. The number of phenolic OH excluding ortho intramolecular Hbond substituents is 1. The second-order valence-electron chi connectivity index (χ2n) is 6.30. The Morgan fingerprint density at radius 1 is 1.29 bits per heavy atom. The predicted molar refractivity (Wildman–Crippen MR) is 88.8 cm³/mol. The lowest BCUT2D eigenvalue weighted by atomic mass is 10.1. The maximum Gasteiger partial charge on any atom is 0.315 e. The molecule has 2 rings (SSSR count). The minimum atomic E-state index is -0.314. The molecule has 0 aliphatic rings. The third-order valence-electron chi connectivity index (χ3n) is 3.36. The summed E-state index contributed by atoms with van der Waals surface area (Å²) >= 11 is 0. The molecule has 8 heteroatoms. The van der Waals surface area contributed by atoms with Crippen molar-refractivity contribution in [1.29, 1.82) is 0 Å². The fraction of sp³-hybridized carbons (Fsp3) is 0.438. The van der Waals surface area contributed by atoms with E-state index in [0.717, 1.165) is 5.56 Å². The fourth-order valence-corrected chi connectivity index (χ4v) is 2.18. The highest BCUT2D eigenvalue weighted by atomic mass is 16.5. The molecular weight excluding hydrogens is 310 g/mol. The van der Waals surface area contributed by atoms with Crippen molar-refractivity contribution in [2.24, 2.45) is 0 Å². The lowest BCUT2D eigenvalue weighted by molar-refractivity contribution is 0.239. The van der Waals surface area contributed by atoms with Crippen molar-refractivity contribution in [2.75, 3.05) is 7.11 Å². The molecule has 8 nitrogen and oxygen atoms in total. The van der Waals surface area contributed by atoms with Gasteiger partial charge in [0.15, 0.2) is 11.5 Å². The van der Waals surface area contributed by atoms with Gasteiger partial charge < -0.3 is 20.5 Å². The minimum absolute atomic E-state index is 0.0622. The minimum Gasteiger partial charge on any atom is -0.504 e. The van der Waals surface area contributed by atoms with Crippen LogP contribution in [0.15, 0.2) is 24.5 Å². The molecule has 0 radical (unpaired) electrons. The van der Waals surface area contributed by atoms with Crippen molar-refractivity contribution in [3.05, 3.63) is 35.9 Å². The maximum atomic E-state index is 11.9. The van der Waals surface area contributed by atoms with Crippen LogP contribution in [0.2, 0.25) is 0 Å². The maximum absolute atomic E-state index is 11.9. The van der Waals surface area contributed by atoms with Crippen molar-refractivity contribution in [3.63, 3.8) is 0 Å². The number of ether oxygens (including phenoxy) is 1. The number of aromatic hydroxyl groups is 1. The molecule has 0 aliphatic heterocycles. The molecule has 130 valence electrons. The second-order valence-corrected chi connectivity index (χ2v) is 6.30. The highest BCUT2D eigenvalue weighted by Crippen LogP contribution is 2.26. The topological polar surface area (TPSA) is 101 Å². The van der Waals surface area contributed by atoms with Crippen molar-refractivity contribution in [3.8, 4) is 11.5 Å². The van der Waals surface area contributed by atoms with Crippen LogP contribution in [0, 0.1) is 0 Å². The molecule has 0 aliphatic carbocycles. The molecule has 2 aromatic rings. The molecule has 0 atom stereocenters. The van der Waals surface area contributed by atoms with E-state index < -0.39 is 0 Å². The third-order valence-corrected chi connectivity index (χ3v) is 3.36. The monoisotopic (exact) mass is 333 g/mol. The molecule has 0 saturated carbocycles. The Balaban J connectivity index is 1.87. The van der Waals surface area contributed by atoms with Crippen LogP contribution in [-0.2, 0) is 18.6 Å². The van der Waals surface area contributed by atoms with Gasteiger partial charge in [-0.2, -0.15) is 5.10 Å².